The van der Waals surface area contributed by atoms with Crippen molar-refractivity contribution in [2.24, 2.45) is 0 Å². The Bertz CT molecular complexity index is 1280. The average Bonchev–Trinajstić information content (AvgIpc) is 3.32. The van der Waals surface area contributed by atoms with Crippen molar-refractivity contribution in [1.29, 1.82) is 0 Å². The Morgan fingerprint density at radius 3 is 3.03 bits per heavy atom. The fourth-order valence-electron chi connectivity index (χ4n) is 3.86. The molecule has 0 saturated carbocycles. The van der Waals surface area contributed by atoms with Gasteiger partial charge in [-0.1, -0.05) is 23.7 Å². The second-order valence-corrected chi connectivity index (χ2v) is 7.63. The molecular weight excluding hydrogens is 388 g/mol. The van der Waals surface area contributed by atoms with Crippen molar-refractivity contribution < 1.29 is 0 Å². The van der Waals surface area contributed by atoms with Crippen LogP contribution in [0.4, 0.5) is 5.95 Å². The molecule has 5 rings (SSSR count). The quantitative estimate of drug-likeness (QED) is 0.538. The largest absolute Gasteiger partial charge is 0.347 e. The molecule has 3 aromatic heterocycles. The standard InChI is InChI=1S/C21H19ClN6O/c1-12(14-10-13-4-2-5-15(22)19(13)27-20(14)29)25-21-23-9-8-18(26-21)28-11-24-16-6-3-7-17(16)28/h2,4-5,8-12H,3,6-7H2,1H3,(H,27,29)(H,23,25,26)/t12-/m0/s1. The van der Waals surface area contributed by atoms with Gasteiger partial charge in [0.15, 0.2) is 0 Å². The topological polar surface area (TPSA) is 88.5 Å². The number of aryl methyl sites for hydroxylation is 1. The van der Waals surface area contributed by atoms with Gasteiger partial charge in [-0.05, 0) is 44.4 Å². The molecule has 2 N–H and O–H groups in total. The number of hydrogen-bond acceptors (Lipinski definition) is 5. The first-order valence-electron chi connectivity index (χ1n) is 9.56. The minimum Gasteiger partial charge on any atom is -0.347 e. The zero-order valence-electron chi connectivity index (χ0n) is 15.8. The van der Waals surface area contributed by atoms with E-state index in [9.17, 15) is 4.79 Å². The van der Waals surface area contributed by atoms with Crippen molar-refractivity contribution in [1.82, 2.24) is 24.5 Å². The molecule has 0 unspecified atom stereocenters. The summed E-state index contributed by atoms with van der Waals surface area (Å²) in [6.45, 7) is 1.91. The maximum absolute atomic E-state index is 12.6. The molecule has 3 heterocycles. The van der Waals surface area contributed by atoms with E-state index >= 15 is 0 Å². The molecule has 0 saturated heterocycles. The number of nitrogens with zero attached hydrogens (tertiary/aromatic N) is 4. The molecule has 8 heteroatoms. The first kappa shape index (κ1) is 17.9. The molecule has 4 aromatic rings. The van der Waals surface area contributed by atoms with Crippen molar-refractivity contribution in [2.45, 2.75) is 32.2 Å². The zero-order chi connectivity index (χ0) is 20.0. The van der Waals surface area contributed by atoms with Gasteiger partial charge in [0, 0.05) is 22.8 Å². The fraction of sp³-hybridized carbons (Fsp3) is 0.238. The van der Waals surface area contributed by atoms with Crippen LogP contribution in [0.3, 0.4) is 0 Å². The number of H-pyrrole nitrogens is 1. The number of fused-ring (bicyclic) bond motifs is 2. The Morgan fingerprint density at radius 2 is 2.14 bits per heavy atom. The van der Waals surface area contributed by atoms with Gasteiger partial charge in [-0.3, -0.25) is 9.36 Å². The van der Waals surface area contributed by atoms with Crippen LogP contribution >= 0.6 is 11.6 Å². The molecule has 0 radical (unpaired) electrons. The second kappa shape index (κ2) is 7.00. The first-order valence-corrected chi connectivity index (χ1v) is 9.94. The summed E-state index contributed by atoms with van der Waals surface area (Å²) in [6.07, 6.45) is 6.68. The number of anilines is 1. The van der Waals surface area contributed by atoms with Crippen LogP contribution in [-0.4, -0.2) is 24.5 Å². The van der Waals surface area contributed by atoms with Gasteiger partial charge in [-0.15, -0.1) is 0 Å². The van der Waals surface area contributed by atoms with E-state index in [1.54, 1.807) is 12.3 Å². The summed E-state index contributed by atoms with van der Waals surface area (Å²) in [5, 5.41) is 4.64. The second-order valence-electron chi connectivity index (χ2n) is 7.22. The van der Waals surface area contributed by atoms with E-state index < -0.39 is 0 Å². The predicted molar refractivity (Wildman–Crippen MR) is 113 cm³/mol. The van der Waals surface area contributed by atoms with Gasteiger partial charge in [-0.2, -0.15) is 4.98 Å². The van der Waals surface area contributed by atoms with Gasteiger partial charge >= 0.3 is 0 Å². The molecule has 0 fully saturated rings. The van der Waals surface area contributed by atoms with Crippen LogP contribution in [0.25, 0.3) is 16.7 Å². The third-order valence-corrected chi connectivity index (χ3v) is 5.65. The number of halogens is 1. The summed E-state index contributed by atoms with van der Waals surface area (Å²) in [6, 6.07) is 8.97. The normalized spacial score (nSPS) is 14.1. The van der Waals surface area contributed by atoms with Crippen molar-refractivity contribution >= 4 is 28.5 Å². The summed E-state index contributed by atoms with van der Waals surface area (Å²) in [5.41, 5.74) is 3.41. The lowest BCUT2D eigenvalue weighted by molar-refractivity contribution is 0.818. The van der Waals surface area contributed by atoms with E-state index in [-0.39, 0.29) is 11.6 Å². The Labute approximate surface area is 171 Å². The number of aromatic nitrogens is 5. The van der Waals surface area contributed by atoms with Gasteiger partial charge in [0.1, 0.15) is 12.1 Å². The number of hydrogen-bond donors (Lipinski definition) is 2. The minimum absolute atomic E-state index is 0.186. The molecule has 1 atom stereocenters. The molecule has 0 aliphatic heterocycles. The monoisotopic (exact) mass is 406 g/mol. The molecular formula is C21H19ClN6O. The maximum atomic E-state index is 12.6. The van der Waals surface area contributed by atoms with Gasteiger partial charge < -0.3 is 10.3 Å². The Morgan fingerprint density at radius 1 is 1.24 bits per heavy atom. The van der Waals surface area contributed by atoms with E-state index in [1.165, 1.54) is 5.69 Å². The van der Waals surface area contributed by atoms with E-state index in [1.807, 2.05) is 42.1 Å². The Kier molecular flexibility index (Phi) is 4.32. The van der Waals surface area contributed by atoms with Crippen LogP contribution < -0.4 is 10.9 Å². The van der Waals surface area contributed by atoms with Gasteiger partial charge in [0.05, 0.1) is 22.3 Å². The highest BCUT2D eigenvalue weighted by Gasteiger charge is 2.19. The molecule has 0 amide bonds. The van der Waals surface area contributed by atoms with E-state index in [4.69, 9.17) is 11.6 Å². The number of benzene rings is 1. The predicted octanol–water partition coefficient (Wildman–Crippen LogP) is 3.82. The lowest BCUT2D eigenvalue weighted by Gasteiger charge is -2.15. The van der Waals surface area contributed by atoms with Crippen molar-refractivity contribution in [2.75, 3.05) is 5.32 Å². The van der Waals surface area contributed by atoms with Crippen molar-refractivity contribution in [3.8, 4) is 5.82 Å². The Hall–Kier alpha value is -3.19. The van der Waals surface area contributed by atoms with Crippen LogP contribution in [0.1, 0.15) is 36.3 Å². The van der Waals surface area contributed by atoms with Gasteiger partial charge in [0.2, 0.25) is 5.95 Å². The number of rotatable bonds is 4. The van der Waals surface area contributed by atoms with E-state index in [0.29, 0.717) is 22.1 Å². The molecule has 146 valence electrons. The van der Waals surface area contributed by atoms with E-state index in [2.05, 4.69) is 25.3 Å². The molecule has 1 aliphatic rings. The summed E-state index contributed by atoms with van der Waals surface area (Å²) in [4.78, 5) is 28.9. The maximum Gasteiger partial charge on any atom is 0.253 e. The van der Waals surface area contributed by atoms with Crippen LogP contribution in [0.15, 0.2) is 47.7 Å². The highest BCUT2D eigenvalue weighted by Crippen LogP contribution is 2.25. The third-order valence-electron chi connectivity index (χ3n) is 5.34. The number of para-hydroxylation sites is 1. The number of nitrogens with one attached hydrogen (secondary N) is 2. The molecule has 1 aliphatic carbocycles. The molecule has 7 nitrogen and oxygen atoms in total. The number of aromatic amines is 1. The van der Waals surface area contributed by atoms with Crippen molar-refractivity contribution in [3.63, 3.8) is 0 Å². The SMILES string of the molecule is C[C@H](Nc1nccc(-n2cnc3c2CCC3)n1)c1cc2cccc(Cl)c2[nH]c1=O. The smallest absolute Gasteiger partial charge is 0.253 e. The highest BCUT2D eigenvalue weighted by atomic mass is 35.5. The zero-order valence-corrected chi connectivity index (χ0v) is 16.6. The van der Waals surface area contributed by atoms with Crippen LogP contribution in [0.5, 0.6) is 0 Å². The van der Waals surface area contributed by atoms with E-state index in [0.717, 1.165) is 36.2 Å². The number of imidazole rings is 1. The van der Waals surface area contributed by atoms with Gasteiger partial charge in [-0.25, -0.2) is 9.97 Å². The first-order chi connectivity index (χ1) is 14.1. The average molecular weight is 407 g/mol. The number of pyridine rings is 1. The summed E-state index contributed by atoms with van der Waals surface area (Å²) in [7, 11) is 0. The van der Waals surface area contributed by atoms with Crippen LogP contribution in [0.2, 0.25) is 5.02 Å². The van der Waals surface area contributed by atoms with Crippen molar-refractivity contribution in [3.05, 3.63) is 75.2 Å². The highest BCUT2D eigenvalue weighted by molar-refractivity contribution is 6.35. The van der Waals surface area contributed by atoms with Crippen LogP contribution in [-0.2, 0) is 12.8 Å². The summed E-state index contributed by atoms with van der Waals surface area (Å²) >= 11 is 6.18. The van der Waals surface area contributed by atoms with Crippen LogP contribution in [0, 0.1) is 0 Å². The molecule has 29 heavy (non-hydrogen) atoms. The third kappa shape index (κ3) is 3.17. The minimum atomic E-state index is -0.286. The van der Waals surface area contributed by atoms with Gasteiger partial charge in [0.25, 0.3) is 5.56 Å². The lowest BCUT2D eigenvalue weighted by Crippen LogP contribution is -2.20. The molecule has 0 spiro atoms. The lowest BCUT2D eigenvalue weighted by atomic mass is 10.1. The fourth-order valence-corrected chi connectivity index (χ4v) is 4.09. The summed E-state index contributed by atoms with van der Waals surface area (Å²) in [5.74, 6) is 1.23. The molecule has 1 aromatic carbocycles. The summed E-state index contributed by atoms with van der Waals surface area (Å²) < 4.78 is 2.02. The molecule has 0 bridgehead atoms. The Balaban J connectivity index is 1.45.